The van der Waals surface area contributed by atoms with E-state index in [4.69, 9.17) is 0 Å². The Morgan fingerprint density at radius 2 is 1.65 bits per heavy atom. The van der Waals surface area contributed by atoms with Gasteiger partial charge in [0, 0.05) is 24.4 Å². The molecule has 5 nitrogen and oxygen atoms in total. The highest BCUT2D eigenvalue weighted by Crippen LogP contribution is 2.26. The topological polar surface area (TPSA) is 79.0 Å². The summed E-state index contributed by atoms with van der Waals surface area (Å²) in [6.07, 6.45) is 2.28. The summed E-state index contributed by atoms with van der Waals surface area (Å²) < 4.78 is 29.0. The monoisotopic (exact) mass is 432 g/mol. The molecule has 1 heterocycles. The Balaban J connectivity index is 1.56. The van der Waals surface area contributed by atoms with E-state index < -0.39 is 10.0 Å². The largest absolute Gasteiger partial charge is 0.359 e. The lowest BCUT2D eigenvalue weighted by Crippen LogP contribution is -2.15. The number of nitrogens with one attached hydrogen (secondary N) is 2. The van der Waals surface area contributed by atoms with E-state index in [2.05, 4.69) is 9.71 Å². The number of aromatic nitrogens is 1. The van der Waals surface area contributed by atoms with E-state index in [1.54, 1.807) is 37.4 Å². The molecule has 1 aromatic heterocycles. The van der Waals surface area contributed by atoms with Crippen LogP contribution in [0.25, 0.3) is 10.9 Å². The van der Waals surface area contributed by atoms with E-state index >= 15 is 0 Å². The molecule has 4 aromatic rings. The Bertz CT molecular complexity index is 1370. The van der Waals surface area contributed by atoms with Crippen molar-refractivity contribution in [1.29, 1.82) is 0 Å². The molecule has 3 aromatic carbocycles. The molecule has 0 saturated carbocycles. The molecule has 0 radical (unpaired) electrons. The maximum absolute atomic E-state index is 13.1. The van der Waals surface area contributed by atoms with Crippen molar-refractivity contribution in [2.24, 2.45) is 0 Å². The van der Waals surface area contributed by atoms with E-state index in [-0.39, 0.29) is 17.1 Å². The predicted octanol–water partition coefficient (Wildman–Crippen LogP) is 4.94. The van der Waals surface area contributed by atoms with Crippen LogP contribution in [0.5, 0.6) is 0 Å². The van der Waals surface area contributed by atoms with Crippen molar-refractivity contribution in [3.63, 3.8) is 0 Å². The average Bonchev–Trinajstić information content (AvgIpc) is 3.19. The number of benzene rings is 3. The van der Waals surface area contributed by atoms with Gasteiger partial charge in [-0.2, -0.15) is 0 Å². The van der Waals surface area contributed by atoms with Crippen molar-refractivity contribution in [2.45, 2.75) is 31.6 Å². The highest BCUT2D eigenvalue weighted by Gasteiger charge is 2.19. The number of ketones is 1. The molecule has 0 fully saturated rings. The van der Waals surface area contributed by atoms with E-state index in [1.165, 1.54) is 0 Å². The van der Waals surface area contributed by atoms with Gasteiger partial charge in [-0.1, -0.05) is 54.1 Å². The standard InChI is InChI=1S/C25H24N2O3S/c1-17-5-3-6-19(13-17)14-22(28)15-20-10-9-18(2)24(16-20)31(29,30)27-23-8-4-7-21-11-12-26-25(21)23/h3-13,16,26-27H,14-15H2,1-2H3. The smallest absolute Gasteiger partial charge is 0.262 e. The van der Waals surface area contributed by atoms with Crippen molar-refractivity contribution in [3.05, 3.63) is 95.2 Å². The number of fused-ring (bicyclic) bond motifs is 1. The average molecular weight is 433 g/mol. The normalized spacial score (nSPS) is 11.5. The summed E-state index contributed by atoms with van der Waals surface area (Å²) in [5, 5.41) is 0.924. The Morgan fingerprint density at radius 1 is 0.903 bits per heavy atom. The van der Waals surface area contributed by atoms with Crippen LogP contribution >= 0.6 is 0 Å². The van der Waals surface area contributed by atoms with Gasteiger partial charge in [0.25, 0.3) is 10.0 Å². The number of aromatic amines is 1. The highest BCUT2D eigenvalue weighted by atomic mass is 32.2. The lowest BCUT2D eigenvalue weighted by atomic mass is 10.0. The number of aryl methyl sites for hydroxylation is 2. The molecule has 4 rings (SSSR count). The highest BCUT2D eigenvalue weighted by molar-refractivity contribution is 7.92. The third-order valence-corrected chi connectivity index (χ3v) is 6.77. The SMILES string of the molecule is Cc1cccc(CC(=O)Cc2ccc(C)c(S(=O)(=O)Nc3cccc4cc[nH]c34)c2)c1. The molecule has 0 amide bonds. The Labute approximate surface area is 182 Å². The van der Waals surface area contributed by atoms with Gasteiger partial charge in [-0.05, 0) is 48.7 Å². The number of Topliss-reactive ketones (excluding diaryl/α,β-unsaturated/α-hetero) is 1. The summed E-state index contributed by atoms with van der Waals surface area (Å²) >= 11 is 0. The van der Waals surface area contributed by atoms with Gasteiger partial charge in [0.05, 0.1) is 16.1 Å². The second-order valence-electron chi connectivity index (χ2n) is 7.83. The van der Waals surface area contributed by atoms with Gasteiger partial charge < -0.3 is 4.98 Å². The second-order valence-corrected chi connectivity index (χ2v) is 9.48. The number of carbonyl (C=O) groups is 1. The van der Waals surface area contributed by atoms with E-state index in [9.17, 15) is 13.2 Å². The van der Waals surface area contributed by atoms with Gasteiger partial charge in [-0.3, -0.25) is 9.52 Å². The molecule has 0 saturated heterocycles. The quantitative estimate of drug-likeness (QED) is 0.434. The number of hydrogen-bond donors (Lipinski definition) is 2. The van der Waals surface area contributed by atoms with Crippen molar-refractivity contribution < 1.29 is 13.2 Å². The van der Waals surface area contributed by atoms with Crippen LogP contribution in [0, 0.1) is 13.8 Å². The third kappa shape index (κ3) is 4.70. The first-order valence-electron chi connectivity index (χ1n) is 10.1. The molecular formula is C25H24N2O3S. The zero-order chi connectivity index (χ0) is 22.0. The van der Waals surface area contributed by atoms with Crippen LogP contribution in [-0.2, 0) is 27.7 Å². The molecule has 158 valence electrons. The minimum absolute atomic E-state index is 0.0434. The van der Waals surface area contributed by atoms with Crippen LogP contribution in [0.4, 0.5) is 5.69 Å². The lowest BCUT2D eigenvalue weighted by molar-refractivity contribution is -0.117. The van der Waals surface area contributed by atoms with Gasteiger partial charge in [-0.15, -0.1) is 0 Å². The Morgan fingerprint density at radius 3 is 2.42 bits per heavy atom. The van der Waals surface area contributed by atoms with Crippen LogP contribution in [0.3, 0.4) is 0 Å². The predicted molar refractivity (Wildman–Crippen MR) is 124 cm³/mol. The molecule has 0 unspecified atom stereocenters. The van der Waals surface area contributed by atoms with Crippen LogP contribution in [0.1, 0.15) is 22.3 Å². The molecule has 31 heavy (non-hydrogen) atoms. The Kier molecular flexibility index (Phi) is 5.65. The van der Waals surface area contributed by atoms with Gasteiger partial charge in [0.1, 0.15) is 5.78 Å². The first-order chi connectivity index (χ1) is 14.8. The van der Waals surface area contributed by atoms with Crippen LogP contribution < -0.4 is 4.72 Å². The molecule has 6 heteroatoms. The Hall–Kier alpha value is -3.38. The minimum Gasteiger partial charge on any atom is -0.359 e. The van der Waals surface area contributed by atoms with Gasteiger partial charge >= 0.3 is 0 Å². The van der Waals surface area contributed by atoms with Crippen molar-refractivity contribution >= 4 is 32.4 Å². The molecule has 0 bridgehead atoms. The minimum atomic E-state index is -3.82. The molecule has 0 aliphatic carbocycles. The zero-order valence-electron chi connectivity index (χ0n) is 17.5. The van der Waals surface area contributed by atoms with Crippen LogP contribution in [0.15, 0.2) is 77.8 Å². The fourth-order valence-corrected chi connectivity index (χ4v) is 5.12. The fourth-order valence-electron chi connectivity index (χ4n) is 3.75. The van der Waals surface area contributed by atoms with Gasteiger partial charge in [0.2, 0.25) is 0 Å². The molecule has 0 atom stereocenters. The number of sulfonamides is 1. The maximum atomic E-state index is 13.1. The number of carbonyl (C=O) groups excluding carboxylic acids is 1. The fraction of sp³-hybridized carbons (Fsp3) is 0.160. The molecule has 0 spiro atoms. The van der Waals surface area contributed by atoms with Crippen molar-refractivity contribution in [1.82, 2.24) is 4.98 Å². The zero-order valence-corrected chi connectivity index (χ0v) is 18.3. The van der Waals surface area contributed by atoms with Crippen LogP contribution in [0.2, 0.25) is 0 Å². The van der Waals surface area contributed by atoms with Gasteiger partial charge in [0.15, 0.2) is 0 Å². The molecule has 0 aliphatic rings. The number of hydrogen-bond acceptors (Lipinski definition) is 3. The summed E-state index contributed by atoms with van der Waals surface area (Å²) in [6.45, 7) is 3.74. The number of rotatable bonds is 7. The van der Waals surface area contributed by atoms with E-state index in [0.29, 0.717) is 23.2 Å². The summed E-state index contributed by atoms with van der Waals surface area (Å²) in [4.78, 5) is 15.8. The van der Waals surface area contributed by atoms with Crippen molar-refractivity contribution in [2.75, 3.05) is 4.72 Å². The summed E-state index contributed by atoms with van der Waals surface area (Å²) in [6, 6.07) is 20.3. The van der Waals surface area contributed by atoms with E-state index in [1.807, 2.05) is 49.4 Å². The summed E-state index contributed by atoms with van der Waals surface area (Å²) in [5.74, 6) is 0.0434. The van der Waals surface area contributed by atoms with Crippen molar-refractivity contribution in [3.8, 4) is 0 Å². The molecule has 2 N–H and O–H groups in total. The summed E-state index contributed by atoms with van der Waals surface area (Å²) in [7, 11) is -3.82. The third-order valence-electron chi connectivity index (χ3n) is 5.26. The molecular weight excluding hydrogens is 408 g/mol. The first kappa shape index (κ1) is 20.9. The number of para-hydroxylation sites is 1. The summed E-state index contributed by atoms with van der Waals surface area (Å²) in [5.41, 5.74) is 4.60. The lowest BCUT2D eigenvalue weighted by Gasteiger charge is -2.13. The van der Waals surface area contributed by atoms with Gasteiger partial charge in [-0.25, -0.2) is 8.42 Å². The second kappa shape index (κ2) is 8.40. The van der Waals surface area contributed by atoms with Crippen LogP contribution in [-0.4, -0.2) is 19.2 Å². The molecule has 0 aliphatic heterocycles. The number of H-pyrrole nitrogens is 1. The number of anilines is 1. The van der Waals surface area contributed by atoms with E-state index in [0.717, 1.165) is 22.0 Å². The first-order valence-corrected chi connectivity index (χ1v) is 11.6. The maximum Gasteiger partial charge on any atom is 0.262 e.